The largest absolute Gasteiger partial charge is 0.465 e. The van der Waals surface area contributed by atoms with Crippen LogP contribution in [0, 0.1) is 0 Å². The molecule has 0 saturated carbocycles. The maximum Gasteiger partial charge on any atom is 0.316 e. The van der Waals surface area contributed by atoms with E-state index >= 15 is 0 Å². The van der Waals surface area contributed by atoms with Gasteiger partial charge < -0.3 is 4.74 Å². The van der Waals surface area contributed by atoms with Gasteiger partial charge in [0.15, 0.2) is 0 Å². The van der Waals surface area contributed by atoms with Crippen LogP contribution in [0.2, 0.25) is 0 Å². The second-order valence-electron chi connectivity index (χ2n) is 2.72. The zero-order chi connectivity index (χ0) is 11.1. The second-order valence-corrected chi connectivity index (χ2v) is 5.58. The Morgan fingerprint density at radius 2 is 2.47 bits per heavy atom. The van der Waals surface area contributed by atoms with Gasteiger partial charge in [0, 0.05) is 11.3 Å². The highest BCUT2D eigenvalue weighted by atomic mass is 32.2. The summed E-state index contributed by atoms with van der Waals surface area (Å²) >= 11 is 8.23. The lowest BCUT2D eigenvalue weighted by Gasteiger charge is -2.02. The summed E-state index contributed by atoms with van der Waals surface area (Å²) in [4.78, 5) is 12.3. The van der Waals surface area contributed by atoms with Crippen LogP contribution in [0.5, 0.6) is 0 Å². The lowest BCUT2D eigenvalue weighted by atomic mass is 10.4. The van der Waals surface area contributed by atoms with Crippen molar-refractivity contribution in [1.29, 1.82) is 0 Å². The van der Waals surface area contributed by atoms with Gasteiger partial charge in [0.05, 0.1) is 16.6 Å². The first-order valence-electron chi connectivity index (χ1n) is 4.56. The highest BCUT2D eigenvalue weighted by Gasteiger charge is 2.06. The average Bonchev–Trinajstić information content (AvgIpc) is 2.68. The van der Waals surface area contributed by atoms with Crippen LogP contribution in [-0.2, 0) is 16.0 Å². The van der Waals surface area contributed by atoms with Crippen LogP contribution in [0.1, 0.15) is 11.8 Å². The van der Waals surface area contributed by atoms with Gasteiger partial charge in [-0.2, -0.15) is 0 Å². The summed E-state index contributed by atoms with van der Waals surface area (Å²) in [6.07, 6.45) is 0.761. The molecule has 0 saturated heterocycles. The molecule has 0 fully saturated rings. The average molecular weight is 260 g/mol. The molecule has 0 unspecified atom stereocenters. The van der Waals surface area contributed by atoms with E-state index < -0.39 is 0 Å². The number of rotatable bonds is 5. The summed E-state index contributed by atoms with van der Waals surface area (Å²) in [5.41, 5.74) is 0. The van der Waals surface area contributed by atoms with Gasteiger partial charge in [0.2, 0.25) is 0 Å². The van der Waals surface area contributed by atoms with E-state index in [1.807, 2.05) is 17.5 Å². The lowest BCUT2D eigenvalue weighted by molar-refractivity contribution is -0.139. The van der Waals surface area contributed by atoms with Crippen molar-refractivity contribution >= 4 is 45.5 Å². The van der Waals surface area contributed by atoms with Crippen molar-refractivity contribution in [2.75, 3.05) is 12.4 Å². The molecule has 0 atom stereocenters. The van der Waals surface area contributed by atoms with Gasteiger partial charge in [0.25, 0.3) is 0 Å². The summed E-state index contributed by atoms with van der Waals surface area (Å²) in [6.45, 7) is 2.23. The molecule has 0 N–H and O–H groups in total. The van der Waals surface area contributed by atoms with Crippen LogP contribution in [0.25, 0.3) is 0 Å². The molecule has 1 heterocycles. The monoisotopic (exact) mass is 260 g/mol. The van der Waals surface area contributed by atoms with Crippen molar-refractivity contribution in [3.63, 3.8) is 0 Å². The summed E-state index contributed by atoms with van der Waals surface area (Å²) < 4.78 is 5.65. The van der Waals surface area contributed by atoms with Crippen molar-refractivity contribution in [2.45, 2.75) is 13.3 Å². The van der Waals surface area contributed by atoms with Gasteiger partial charge in [-0.3, -0.25) is 4.79 Å². The smallest absolute Gasteiger partial charge is 0.316 e. The van der Waals surface area contributed by atoms with Crippen molar-refractivity contribution in [2.24, 2.45) is 0 Å². The Balaban J connectivity index is 2.22. The zero-order valence-electron chi connectivity index (χ0n) is 8.39. The van der Waals surface area contributed by atoms with Crippen molar-refractivity contribution in [1.82, 2.24) is 0 Å². The Kier molecular flexibility index (Phi) is 5.90. The van der Waals surface area contributed by atoms with Crippen LogP contribution < -0.4 is 0 Å². The number of thiocarbonyl (C=S) groups is 1. The first-order valence-corrected chi connectivity index (χ1v) is 6.83. The highest BCUT2D eigenvalue weighted by molar-refractivity contribution is 8.23. The highest BCUT2D eigenvalue weighted by Crippen LogP contribution is 2.15. The van der Waals surface area contributed by atoms with Crippen molar-refractivity contribution in [3.05, 3.63) is 22.4 Å². The number of carbonyl (C=O) groups excluding carboxylic acids is 1. The zero-order valence-corrected chi connectivity index (χ0v) is 10.8. The quantitative estimate of drug-likeness (QED) is 0.600. The predicted octanol–water partition coefficient (Wildman–Crippen LogP) is 2.91. The number of ether oxygens (including phenoxy) is 1. The molecule has 1 rings (SSSR count). The fourth-order valence-electron chi connectivity index (χ4n) is 0.949. The summed E-state index contributed by atoms with van der Waals surface area (Å²) in [6, 6.07) is 4.04. The topological polar surface area (TPSA) is 26.3 Å². The Hall–Kier alpha value is -0.390. The molecule has 2 nitrogen and oxygen atoms in total. The van der Waals surface area contributed by atoms with E-state index in [-0.39, 0.29) is 5.97 Å². The van der Waals surface area contributed by atoms with E-state index in [1.165, 1.54) is 16.6 Å². The van der Waals surface area contributed by atoms with Gasteiger partial charge in [-0.15, -0.1) is 23.1 Å². The fourth-order valence-corrected chi connectivity index (χ4v) is 2.80. The third-order valence-corrected chi connectivity index (χ3v) is 3.78. The Labute approximate surface area is 103 Å². The first-order chi connectivity index (χ1) is 7.22. The van der Waals surface area contributed by atoms with Crippen LogP contribution in [0.15, 0.2) is 17.5 Å². The Bertz CT molecular complexity index is 319. The molecule has 5 heteroatoms. The van der Waals surface area contributed by atoms with Gasteiger partial charge >= 0.3 is 5.97 Å². The minimum absolute atomic E-state index is 0.198. The minimum Gasteiger partial charge on any atom is -0.465 e. The van der Waals surface area contributed by atoms with Gasteiger partial charge in [0.1, 0.15) is 0 Å². The van der Waals surface area contributed by atoms with E-state index in [9.17, 15) is 4.79 Å². The first kappa shape index (κ1) is 12.7. The number of thioether (sulfide) groups is 1. The molecule has 0 aliphatic heterocycles. The molecular formula is C10H12O2S3. The molecule has 1 aromatic heterocycles. The molecule has 0 aromatic carbocycles. The van der Waals surface area contributed by atoms with Crippen LogP contribution in [-0.4, -0.2) is 22.5 Å². The third-order valence-electron chi connectivity index (χ3n) is 1.56. The van der Waals surface area contributed by atoms with Crippen molar-refractivity contribution < 1.29 is 9.53 Å². The van der Waals surface area contributed by atoms with Crippen LogP contribution in [0.4, 0.5) is 0 Å². The molecule has 15 heavy (non-hydrogen) atoms. The van der Waals surface area contributed by atoms with Gasteiger partial charge in [-0.25, -0.2) is 0 Å². The molecule has 0 radical (unpaired) electrons. The van der Waals surface area contributed by atoms with E-state index in [0.717, 1.165) is 10.6 Å². The van der Waals surface area contributed by atoms with Crippen LogP contribution >= 0.6 is 35.3 Å². The summed E-state index contributed by atoms with van der Waals surface area (Å²) in [5, 5.41) is 2.02. The molecule has 1 aromatic rings. The SMILES string of the molecule is CCOC(=O)CSC(=S)Cc1cccs1. The number of hydrogen-bond acceptors (Lipinski definition) is 5. The summed E-state index contributed by atoms with van der Waals surface area (Å²) in [7, 11) is 0. The molecule has 0 aliphatic rings. The molecule has 0 bridgehead atoms. The van der Waals surface area contributed by atoms with E-state index in [2.05, 4.69) is 0 Å². The van der Waals surface area contributed by atoms with E-state index in [1.54, 1.807) is 18.3 Å². The normalized spacial score (nSPS) is 9.93. The maximum atomic E-state index is 11.0. The van der Waals surface area contributed by atoms with E-state index in [0.29, 0.717) is 12.4 Å². The summed E-state index contributed by atoms with van der Waals surface area (Å²) in [5.74, 6) is 0.119. The second kappa shape index (κ2) is 6.98. The molecule has 82 valence electrons. The van der Waals surface area contributed by atoms with Crippen LogP contribution in [0.3, 0.4) is 0 Å². The Morgan fingerprint density at radius 1 is 1.67 bits per heavy atom. The minimum atomic E-state index is -0.198. The Morgan fingerprint density at radius 3 is 3.07 bits per heavy atom. The van der Waals surface area contributed by atoms with Gasteiger partial charge in [-0.1, -0.05) is 18.3 Å². The van der Waals surface area contributed by atoms with Crippen molar-refractivity contribution in [3.8, 4) is 0 Å². The molecule has 0 aliphatic carbocycles. The lowest BCUT2D eigenvalue weighted by Crippen LogP contribution is -2.08. The fraction of sp³-hybridized carbons (Fsp3) is 0.400. The number of thiophene rings is 1. The number of esters is 1. The molecule has 0 spiro atoms. The standard InChI is InChI=1S/C10H12O2S3/c1-2-12-9(11)7-15-10(13)6-8-4-3-5-14-8/h3-5H,2,6-7H2,1H3. The maximum absolute atomic E-state index is 11.0. The van der Waals surface area contributed by atoms with Gasteiger partial charge in [-0.05, 0) is 18.4 Å². The molecule has 0 amide bonds. The molecular weight excluding hydrogens is 248 g/mol. The predicted molar refractivity (Wildman–Crippen MR) is 69.7 cm³/mol. The van der Waals surface area contributed by atoms with E-state index in [4.69, 9.17) is 17.0 Å². The number of carbonyl (C=O) groups is 1. The third kappa shape index (κ3) is 5.30. The number of hydrogen-bond donors (Lipinski definition) is 0.